The minimum absolute atomic E-state index is 0.311. The lowest BCUT2D eigenvalue weighted by molar-refractivity contribution is 0.122. The molecule has 0 atom stereocenters. The van der Waals surface area contributed by atoms with Crippen molar-refractivity contribution in [2.75, 3.05) is 33.0 Å². The third kappa shape index (κ3) is 3.40. The van der Waals surface area contributed by atoms with Crippen LogP contribution in [0.5, 0.6) is 11.5 Å². The number of rotatable bonds is 4. The predicted octanol–water partition coefficient (Wildman–Crippen LogP) is 3.83. The van der Waals surface area contributed by atoms with Gasteiger partial charge in [0.2, 0.25) is 6.79 Å². The zero-order valence-electron chi connectivity index (χ0n) is 15.6. The van der Waals surface area contributed by atoms with Crippen LogP contribution >= 0.6 is 10.6 Å². The van der Waals surface area contributed by atoms with Gasteiger partial charge in [0.25, 0.3) is 0 Å². The van der Waals surface area contributed by atoms with Crippen LogP contribution in [0, 0.1) is 0 Å². The summed E-state index contributed by atoms with van der Waals surface area (Å²) in [5, 5.41) is 1.53. The minimum atomic E-state index is -2.74. The number of hydrogen-bond acceptors (Lipinski definition) is 6. The molecule has 0 bridgehead atoms. The van der Waals surface area contributed by atoms with E-state index in [1.807, 2.05) is 24.3 Å². The molecule has 3 aliphatic rings. The lowest BCUT2D eigenvalue weighted by Gasteiger charge is -2.35. The van der Waals surface area contributed by atoms with Crippen molar-refractivity contribution in [1.29, 1.82) is 0 Å². The van der Waals surface area contributed by atoms with Gasteiger partial charge in [0.15, 0.2) is 11.5 Å². The summed E-state index contributed by atoms with van der Waals surface area (Å²) in [6, 6.07) is 12.0. The fraction of sp³-hybridized carbons (Fsp3) is 0.333. The molecule has 28 heavy (non-hydrogen) atoms. The summed E-state index contributed by atoms with van der Waals surface area (Å²) in [7, 11) is -2.74. The van der Waals surface area contributed by atoms with E-state index in [9.17, 15) is 9.11 Å². The average molecular weight is 401 g/mol. The molecule has 0 aromatic heterocycles. The molecule has 0 aliphatic carbocycles. The Morgan fingerprint density at radius 2 is 1.64 bits per heavy atom. The smallest absolute Gasteiger partial charge is 0.231 e. The van der Waals surface area contributed by atoms with Crippen molar-refractivity contribution < 1.29 is 18.6 Å². The Balaban J connectivity index is 1.19. The van der Waals surface area contributed by atoms with Gasteiger partial charge in [-0.1, -0.05) is 18.2 Å². The predicted molar refractivity (Wildman–Crippen MR) is 110 cm³/mol. The van der Waals surface area contributed by atoms with Crippen LogP contribution in [-0.4, -0.2) is 51.9 Å². The summed E-state index contributed by atoms with van der Waals surface area (Å²) in [6.07, 6.45) is 1.86. The Kier molecular flexibility index (Phi) is 4.57. The van der Waals surface area contributed by atoms with Gasteiger partial charge in [-0.3, -0.25) is 18.9 Å². The van der Waals surface area contributed by atoms with E-state index in [4.69, 9.17) is 9.47 Å². The molecule has 6 nitrogen and oxygen atoms in total. The highest BCUT2D eigenvalue weighted by molar-refractivity contribution is 8.27. The first-order chi connectivity index (χ1) is 13.6. The molecule has 148 valence electrons. The van der Waals surface area contributed by atoms with Crippen molar-refractivity contribution in [3.05, 3.63) is 58.5 Å². The molecule has 0 radical (unpaired) electrons. The van der Waals surface area contributed by atoms with Crippen LogP contribution < -0.4 is 9.47 Å². The van der Waals surface area contributed by atoms with E-state index in [-0.39, 0.29) is 0 Å². The van der Waals surface area contributed by atoms with Crippen molar-refractivity contribution in [1.82, 2.24) is 9.80 Å². The van der Waals surface area contributed by atoms with Crippen LogP contribution in [0.4, 0.5) is 0 Å². The monoisotopic (exact) mass is 400 g/mol. The Morgan fingerprint density at radius 1 is 0.893 bits per heavy atom. The Hall–Kier alpha value is -2.03. The number of ether oxygens (including phenoxy) is 2. The molecular formula is C21H24N2O4S. The summed E-state index contributed by atoms with van der Waals surface area (Å²) < 4.78 is 31.1. The van der Waals surface area contributed by atoms with Crippen molar-refractivity contribution in [3.8, 4) is 11.5 Å². The van der Waals surface area contributed by atoms with Crippen molar-refractivity contribution in [2.24, 2.45) is 0 Å². The van der Waals surface area contributed by atoms with Crippen LogP contribution in [0.3, 0.4) is 0 Å². The van der Waals surface area contributed by atoms with Gasteiger partial charge in [0.05, 0.1) is 4.90 Å². The molecule has 0 unspecified atom stereocenters. The lowest BCUT2D eigenvalue weighted by Crippen LogP contribution is -2.45. The molecule has 0 saturated carbocycles. The summed E-state index contributed by atoms with van der Waals surface area (Å²) in [4.78, 5) is 5.55. The number of fused-ring (bicyclic) bond motifs is 2. The number of hydrogen-bond donors (Lipinski definition) is 2. The second-order valence-corrected chi connectivity index (χ2v) is 9.36. The number of piperazine rings is 1. The van der Waals surface area contributed by atoms with Gasteiger partial charge in [0, 0.05) is 50.2 Å². The summed E-state index contributed by atoms with van der Waals surface area (Å²) in [6.45, 7) is 6.06. The van der Waals surface area contributed by atoms with Crippen LogP contribution in [0.2, 0.25) is 0 Å². The number of benzene rings is 2. The normalized spacial score (nSPS) is 21.6. The van der Waals surface area contributed by atoms with Gasteiger partial charge in [-0.2, -0.15) is 0 Å². The third-order valence-electron chi connectivity index (χ3n) is 5.61. The first-order valence-corrected chi connectivity index (χ1v) is 11.1. The summed E-state index contributed by atoms with van der Waals surface area (Å²) >= 11 is 0. The molecule has 2 aromatic rings. The standard InChI is InChI=1S/C21H24N2O4S/c24-28(25)11-6-18-17(2-1-3-21(18)28)14-23-9-7-22(8-10-23)13-16-4-5-19-20(12-16)27-15-26-19/h1-6,11-12,24-25H,7-10,13-15H2. The van der Waals surface area contributed by atoms with E-state index in [1.165, 1.54) is 11.0 Å². The van der Waals surface area contributed by atoms with Gasteiger partial charge < -0.3 is 9.47 Å². The highest BCUT2D eigenvalue weighted by Crippen LogP contribution is 2.56. The zero-order chi connectivity index (χ0) is 19.1. The van der Waals surface area contributed by atoms with Crippen LogP contribution in [0.15, 0.2) is 46.7 Å². The SMILES string of the molecule is OS1(O)C=Cc2c(CN3CCN(Cc4ccc5c(c4)OCO5)CC3)cccc21. The van der Waals surface area contributed by atoms with Gasteiger partial charge in [0.1, 0.15) is 0 Å². The molecule has 7 heteroatoms. The molecule has 0 spiro atoms. The van der Waals surface area contributed by atoms with Gasteiger partial charge >= 0.3 is 0 Å². The van der Waals surface area contributed by atoms with E-state index in [2.05, 4.69) is 28.0 Å². The van der Waals surface area contributed by atoms with E-state index < -0.39 is 10.6 Å². The molecule has 2 N–H and O–H groups in total. The maximum atomic E-state index is 10.1. The van der Waals surface area contributed by atoms with Crippen molar-refractivity contribution >= 4 is 16.7 Å². The maximum absolute atomic E-state index is 10.1. The van der Waals surface area contributed by atoms with Gasteiger partial charge in [-0.05, 0) is 35.4 Å². The van der Waals surface area contributed by atoms with E-state index in [0.717, 1.165) is 61.9 Å². The van der Waals surface area contributed by atoms with E-state index >= 15 is 0 Å². The van der Waals surface area contributed by atoms with Crippen LogP contribution in [0.25, 0.3) is 6.08 Å². The lowest BCUT2D eigenvalue weighted by atomic mass is 10.1. The Bertz CT molecular complexity index is 923. The number of nitrogens with zero attached hydrogens (tertiary/aromatic N) is 2. The highest BCUT2D eigenvalue weighted by atomic mass is 32.3. The summed E-state index contributed by atoms with van der Waals surface area (Å²) in [5.74, 6) is 1.67. The molecule has 3 aliphatic heterocycles. The fourth-order valence-corrected chi connectivity index (χ4v) is 5.33. The molecule has 0 amide bonds. The first-order valence-electron chi connectivity index (χ1n) is 9.50. The molecule has 5 rings (SSSR count). The Labute approximate surface area is 166 Å². The second-order valence-electron chi connectivity index (χ2n) is 7.46. The molecule has 1 saturated heterocycles. The second kappa shape index (κ2) is 7.09. The molecule has 2 aromatic carbocycles. The van der Waals surface area contributed by atoms with E-state index in [0.29, 0.717) is 11.7 Å². The van der Waals surface area contributed by atoms with Gasteiger partial charge in [-0.25, -0.2) is 0 Å². The maximum Gasteiger partial charge on any atom is 0.231 e. The third-order valence-corrected chi connectivity index (χ3v) is 7.13. The summed E-state index contributed by atoms with van der Waals surface area (Å²) in [5.41, 5.74) is 3.38. The zero-order valence-corrected chi connectivity index (χ0v) is 16.4. The highest BCUT2D eigenvalue weighted by Gasteiger charge is 2.25. The Morgan fingerprint density at radius 3 is 2.46 bits per heavy atom. The quantitative estimate of drug-likeness (QED) is 0.813. The molecule has 3 heterocycles. The van der Waals surface area contributed by atoms with Crippen molar-refractivity contribution in [3.63, 3.8) is 0 Å². The van der Waals surface area contributed by atoms with Crippen LogP contribution in [-0.2, 0) is 13.1 Å². The first kappa shape index (κ1) is 18.0. The van der Waals surface area contributed by atoms with Gasteiger partial charge in [-0.15, -0.1) is 10.6 Å². The topological polar surface area (TPSA) is 65.4 Å². The molecular weight excluding hydrogens is 376 g/mol. The minimum Gasteiger partial charge on any atom is -0.454 e. The van der Waals surface area contributed by atoms with Crippen molar-refractivity contribution in [2.45, 2.75) is 18.0 Å². The van der Waals surface area contributed by atoms with E-state index in [1.54, 1.807) is 0 Å². The average Bonchev–Trinajstić information content (AvgIpc) is 3.28. The van der Waals surface area contributed by atoms with Crippen LogP contribution in [0.1, 0.15) is 16.7 Å². The largest absolute Gasteiger partial charge is 0.454 e. The fourth-order valence-electron chi connectivity index (χ4n) is 4.06. The molecule has 1 fully saturated rings.